The van der Waals surface area contributed by atoms with E-state index < -0.39 is 16.1 Å². The summed E-state index contributed by atoms with van der Waals surface area (Å²) in [6.45, 7) is 3.53. The molecular weight excluding hydrogens is 332 g/mol. The van der Waals surface area contributed by atoms with E-state index in [4.69, 9.17) is 4.74 Å². The number of nitrogens with zero attached hydrogens (tertiary/aromatic N) is 3. The Morgan fingerprint density at radius 1 is 1.50 bits per heavy atom. The highest BCUT2D eigenvalue weighted by Gasteiger charge is 2.42. The van der Waals surface area contributed by atoms with Crippen molar-refractivity contribution in [2.24, 2.45) is 18.9 Å². The number of ether oxygens (including phenoxy) is 1. The smallest absolute Gasteiger partial charge is 0.226 e. The van der Waals surface area contributed by atoms with Crippen LogP contribution in [0.2, 0.25) is 0 Å². The van der Waals surface area contributed by atoms with Crippen molar-refractivity contribution in [1.82, 2.24) is 19.4 Å². The molecule has 1 aliphatic carbocycles. The molecule has 9 heteroatoms. The zero-order valence-electron chi connectivity index (χ0n) is 14.0. The highest BCUT2D eigenvalue weighted by Crippen LogP contribution is 2.39. The Morgan fingerprint density at radius 2 is 2.25 bits per heavy atom. The summed E-state index contributed by atoms with van der Waals surface area (Å²) in [6, 6.07) is 0. The summed E-state index contributed by atoms with van der Waals surface area (Å²) in [4.78, 5) is 14.0. The van der Waals surface area contributed by atoms with Crippen LogP contribution in [-0.4, -0.2) is 60.6 Å². The van der Waals surface area contributed by atoms with Gasteiger partial charge in [-0.3, -0.25) is 9.48 Å². The normalized spacial score (nSPS) is 27.2. The number of amides is 1. The average Bonchev–Trinajstić information content (AvgIpc) is 3.10. The Hall–Kier alpha value is -1.45. The Bertz CT molecular complexity index is 702. The number of aryl methyl sites for hydroxylation is 1. The number of aromatic nitrogens is 2. The van der Waals surface area contributed by atoms with Crippen LogP contribution in [0.15, 0.2) is 12.4 Å². The maximum atomic E-state index is 12.3. The average molecular weight is 356 g/mol. The quantitative estimate of drug-likeness (QED) is 0.757. The van der Waals surface area contributed by atoms with Gasteiger partial charge in [0.2, 0.25) is 15.9 Å². The van der Waals surface area contributed by atoms with Crippen LogP contribution in [-0.2, 0) is 33.1 Å². The summed E-state index contributed by atoms with van der Waals surface area (Å²) >= 11 is 0. The van der Waals surface area contributed by atoms with Crippen molar-refractivity contribution in [3.05, 3.63) is 18.0 Å². The third kappa shape index (κ3) is 4.34. The van der Waals surface area contributed by atoms with Crippen LogP contribution >= 0.6 is 0 Å². The van der Waals surface area contributed by atoms with E-state index in [2.05, 4.69) is 16.7 Å². The van der Waals surface area contributed by atoms with Crippen molar-refractivity contribution in [2.75, 3.05) is 25.4 Å². The maximum absolute atomic E-state index is 12.3. The number of carbonyl (C=O) groups is 1. The third-order valence-corrected chi connectivity index (χ3v) is 5.93. The number of morpholine rings is 1. The van der Waals surface area contributed by atoms with E-state index in [-0.39, 0.29) is 24.1 Å². The lowest BCUT2D eigenvalue weighted by Gasteiger charge is -2.33. The molecule has 8 nitrogen and oxygen atoms in total. The molecule has 1 aromatic rings. The molecule has 0 bridgehead atoms. The fourth-order valence-electron chi connectivity index (χ4n) is 2.98. The summed E-state index contributed by atoms with van der Waals surface area (Å²) < 4.78 is 34.2. The van der Waals surface area contributed by atoms with Crippen LogP contribution < -0.4 is 4.72 Å². The Kier molecular flexibility index (Phi) is 4.93. The fourth-order valence-corrected chi connectivity index (χ4v) is 4.18. The van der Waals surface area contributed by atoms with Crippen molar-refractivity contribution in [2.45, 2.75) is 26.0 Å². The predicted molar refractivity (Wildman–Crippen MR) is 87.4 cm³/mol. The van der Waals surface area contributed by atoms with E-state index in [9.17, 15) is 13.2 Å². The molecule has 1 N–H and O–H groups in total. The first-order valence-electron chi connectivity index (χ1n) is 8.19. The molecule has 24 heavy (non-hydrogen) atoms. The number of nitrogens with one attached hydrogen (secondary N) is 1. The van der Waals surface area contributed by atoms with Crippen LogP contribution in [0.1, 0.15) is 18.9 Å². The number of hydrogen-bond acceptors (Lipinski definition) is 5. The fraction of sp³-hybridized carbons (Fsp3) is 0.733. The minimum atomic E-state index is -3.48. The number of rotatable bonds is 6. The summed E-state index contributed by atoms with van der Waals surface area (Å²) in [5.41, 5.74) is 0.796. The molecule has 1 aliphatic heterocycles. The monoisotopic (exact) mass is 356 g/mol. The van der Waals surface area contributed by atoms with Gasteiger partial charge < -0.3 is 9.64 Å². The lowest BCUT2D eigenvalue weighted by molar-refractivity contribution is -0.139. The molecule has 3 rings (SSSR count). The topological polar surface area (TPSA) is 93.5 Å². The SMILES string of the molecule is C[C@@H]1C[C@@H]1C(=O)N1CCO[C@H](CS(=O)(=O)NCc2cnn(C)c2)C1. The second kappa shape index (κ2) is 6.81. The van der Waals surface area contributed by atoms with Gasteiger partial charge in [-0.2, -0.15) is 5.10 Å². The van der Waals surface area contributed by atoms with Gasteiger partial charge in [0, 0.05) is 44.4 Å². The molecule has 1 amide bonds. The van der Waals surface area contributed by atoms with Gasteiger partial charge in [0.1, 0.15) is 0 Å². The predicted octanol–water partition coefficient (Wildman–Crippen LogP) is -0.277. The van der Waals surface area contributed by atoms with Crippen LogP contribution in [0.3, 0.4) is 0 Å². The van der Waals surface area contributed by atoms with Crippen LogP contribution in [0.5, 0.6) is 0 Å². The van der Waals surface area contributed by atoms with Gasteiger partial charge in [0.25, 0.3) is 0 Å². The maximum Gasteiger partial charge on any atom is 0.226 e. The molecule has 1 aromatic heterocycles. The zero-order valence-corrected chi connectivity index (χ0v) is 14.8. The van der Waals surface area contributed by atoms with Gasteiger partial charge in [0.05, 0.1) is 24.7 Å². The van der Waals surface area contributed by atoms with E-state index in [1.807, 2.05) is 0 Å². The van der Waals surface area contributed by atoms with Crippen LogP contribution in [0.25, 0.3) is 0 Å². The van der Waals surface area contributed by atoms with Gasteiger partial charge >= 0.3 is 0 Å². The molecule has 0 unspecified atom stereocenters. The Balaban J connectivity index is 1.51. The largest absolute Gasteiger partial charge is 0.373 e. The second-order valence-corrected chi connectivity index (χ2v) is 8.57. The third-order valence-electron chi connectivity index (χ3n) is 4.54. The molecule has 3 atom stereocenters. The lowest BCUT2D eigenvalue weighted by atomic mass is 10.2. The summed E-state index contributed by atoms with van der Waals surface area (Å²) in [5, 5.41) is 4.00. The summed E-state index contributed by atoms with van der Waals surface area (Å²) in [7, 11) is -1.71. The first-order valence-corrected chi connectivity index (χ1v) is 9.84. The molecule has 2 aliphatic rings. The van der Waals surface area contributed by atoms with Crippen molar-refractivity contribution in [3.63, 3.8) is 0 Å². The minimum Gasteiger partial charge on any atom is -0.373 e. The van der Waals surface area contributed by atoms with E-state index in [1.54, 1.807) is 29.0 Å². The lowest BCUT2D eigenvalue weighted by Crippen LogP contribution is -2.49. The van der Waals surface area contributed by atoms with Gasteiger partial charge in [-0.15, -0.1) is 0 Å². The second-order valence-electron chi connectivity index (χ2n) is 6.72. The number of hydrogen-bond donors (Lipinski definition) is 1. The molecule has 0 aromatic carbocycles. The van der Waals surface area contributed by atoms with Gasteiger partial charge in [-0.1, -0.05) is 6.92 Å². The van der Waals surface area contributed by atoms with E-state index in [0.717, 1.165) is 12.0 Å². The van der Waals surface area contributed by atoms with Gasteiger partial charge in [-0.05, 0) is 12.3 Å². The molecular formula is C15H24N4O4S. The molecule has 2 heterocycles. The number of sulfonamides is 1. The molecule has 0 radical (unpaired) electrons. The van der Waals surface area contributed by atoms with Gasteiger partial charge in [-0.25, -0.2) is 13.1 Å². The Morgan fingerprint density at radius 3 is 2.88 bits per heavy atom. The Labute approximate surface area is 142 Å². The van der Waals surface area contributed by atoms with Crippen molar-refractivity contribution < 1.29 is 17.9 Å². The molecule has 1 saturated carbocycles. The highest BCUT2D eigenvalue weighted by molar-refractivity contribution is 7.89. The van der Waals surface area contributed by atoms with Crippen molar-refractivity contribution in [3.8, 4) is 0 Å². The van der Waals surface area contributed by atoms with E-state index in [0.29, 0.717) is 25.6 Å². The van der Waals surface area contributed by atoms with Crippen molar-refractivity contribution in [1.29, 1.82) is 0 Å². The standard InChI is InChI=1S/C15H24N4O4S/c1-11-5-14(11)15(20)19-3-4-23-13(9-19)10-24(21,22)17-7-12-6-16-18(2)8-12/h6,8,11,13-14,17H,3-5,7,9-10H2,1-2H3/t11-,13+,14+/m1/s1. The van der Waals surface area contributed by atoms with Crippen LogP contribution in [0.4, 0.5) is 0 Å². The minimum absolute atomic E-state index is 0.115. The summed E-state index contributed by atoms with van der Waals surface area (Å²) in [5.74, 6) is 0.557. The van der Waals surface area contributed by atoms with E-state index >= 15 is 0 Å². The van der Waals surface area contributed by atoms with E-state index in [1.165, 1.54) is 0 Å². The molecule has 134 valence electrons. The molecule has 0 spiro atoms. The first kappa shape index (κ1) is 17.4. The first-order chi connectivity index (χ1) is 11.3. The van der Waals surface area contributed by atoms with Crippen LogP contribution in [0, 0.1) is 11.8 Å². The highest BCUT2D eigenvalue weighted by atomic mass is 32.2. The van der Waals surface area contributed by atoms with Gasteiger partial charge in [0.15, 0.2) is 0 Å². The molecule has 2 fully saturated rings. The van der Waals surface area contributed by atoms with Crippen molar-refractivity contribution >= 4 is 15.9 Å². The number of carbonyl (C=O) groups excluding carboxylic acids is 1. The zero-order chi connectivity index (χ0) is 17.3. The summed E-state index contributed by atoms with van der Waals surface area (Å²) in [6.07, 6.45) is 3.84. The molecule has 1 saturated heterocycles.